The van der Waals surface area contributed by atoms with Crippen LogP contribution in [0.5, 0.6) is 0 Å². The van der Waals surface area contributed by atoms with Crippen molar-refractivity contribution in [3.8, 4) is 0 Å². The molecule has 3 heteroatoms. The highest BCUT2D eigenvalue weighted by Gasteiger charge is 2.20. The SMILES string of the molecule is CC1CCCC(NC(=O)Cc2ccc(N)cc2)C1. The van der Waals surface area contributed by atoms with Crippen LogP contribution < -0.4 is 11.1 Å². The van der Waals surface area contributed by atoms with Gasteiger partial charge in [0.05, 0.1) is 6.42 Å². The van der Waals surface area contributed by atoms with Crippen molar-refractivity contribution in [1.29, 1.82) is 0 Å². The Kier molecular flexibility index (Phi) is 4.24. The molecule has 2 atom stereocenters. The Labute approximate surface area is 109 Å². The summed E-state index contributed by atoms with van der Waals surface area (Å²) < 4.78 is 0. The Morgan fingerprint density at radius 2 is 2.06 bits per heavy atom. The number of nitrogens with two attached hydrogens (primary N) is 1. The molecule has 0 bridgehead atoms. The maximum absolute atomic E-state index is 11.9. The van der Waals surface area contributed by atoms with E-state index in [0.29, 0.717) is 12.5 Å². The van der Waals surface area contributed by atoms with Crippen molar-refractivity contribution >= 4 is 11.6 Å². The summed E-state index contributed by atoms with van der Waals surface area (Å²) in [5.41, 5.74) is 7.38. The first-order valence-electron chi connectivity index (χ1n) is 6.77. The van der Waals surface area contributed by atoms with Crippen LogP contribution in [0.1, 0.15) is 38.2 Å². The smallest absolute Gasteiger partial charge is 0.224 e. The lowest BCUT2D eigenvalue weighted by atomic mass is 9.87. The van der Waals surface area contributed by atoms with Crippen LogP contribution >= 0.6 is 0 Å². The number of nitrogen functional groups attached to an aromatic ring is 1. The Morgan fingerprint density at radius 3 is 2.72 bits per heavy atom. The second-order valence-corrected chi connectivity index (χ2v) is 5.45. The summed E-state index contributed by atoms with van der Waals surface area (Å²) in [5, 5.41) is 3.14. The van der Waals surface area contributed by atoms with E-state index in [2.05, 4.69) is 12.2 Å². The number of carbonyl (C=O) groups excluding carboxylic acids is 1. The molecule has 1 aromatic carbocycles. The van der Waals surface area contributed by atoms with Gasteiger partial charge >= 0.3 is 0 Å². The van der Waals surface area contributed by atoms with Gasteiger partial charge in [0.1, 0.15) is 0 Å². The molecule has 2 unspecified atom stereocenters. The fourth-order valence-electron chi connectivity index (χ4n) is 2.66. The standard InChI is InChI=1S/C15H22N2O/c1-11-3-2-4-14(9-11)17-15(18)10-12-5-7-13(16)8-6-12/h5-8,11,14H,2-4,9-10,16H2,1H3,(H,17,18). The number of rotatable bonds is 3. The molecule has 1 fully saturated rings. The van der Waals surface area contributed by atoms with Gasteiger partial charge in [0.25, 0.3) is 0 Å². The summed E-state index contributed by atoms with van der Waals surface area (Å²) in [5.74, 6) is 0.861. The molecule has 18 heavy (non-hydrogen) atoms. The van der Waals surface area contributed by atoms with E-state index in [9.17, 15) is 4.79 Å². The molecule has 0 aromatic heterocycles. The van der Waals surface area contributed by atoms with Gasteiger partial charge in [-0.3, -0.25) is 4.79 Å². The van der Waals surface area contributed by atoms with Crippen LogP contribution in [0.15, 0.2) is 24.3 Å². The number of nitrogens with one attached hydrogen (secondary N) is 1. The third-order valence-corrected chi connectivity index (χ3v) is 3.65. The molecule has 1 amide bonds. The predicted molar refractivity (Wildman–Crippen MR) is 74.1 cm³/mol. The van der Waals surface area contributed by atoms with Gasteiger partial charge in [-0.25, -0.2) is 0 Å². The van der Waals surface area contributed by atoms with E-state index < -0.39 is 0 Å². The number of hydrogen-bond donors (Lipinski definition) is 2. The summed E-state index contributed by atoms with van der Waals surface area (Å²) in [6.45, 7) is 2.26. The fraction of sp³-hybridized carbons (Fsp3) is 0.533. The van der Waals surface area contributed by atoms with Gasteiger partial charge in [-0.15, -0.1) is 0 Å². The van der Waals surface area contributed by atoms with Crippen molar-refractivity contribution < 1.29 is 4.79 Å². The predicted octanol–water partition coefficient (Wildman–Crippen LogP) is 2.51. The van der Waals surface area contributed by atoms with Gasteiger partial charge in [-0.2, -0.15) is 0 Å². The van der Waals surface area contributed by atoms with Gasteiger partial charge in [0, 0.05) is 11.7 Å². The molecule has 0 heterocycles. The molecule has 1 saturated carbocycles. The zero-order valence-electron chi connectivity index (χ0n) is 11.0. The highest BCUT2D eigenvalue weighted by molar-refractivity contribution is 5.79. The normalized spacial score (nSPS) is 23.6. The third-order valence-electron chi connectivity index (χ3n) is 3.65. The maximum atomic E-state index is 11.9. The molecule has 1 aliphatic carbocycles. The summed E-state index contributed by atoms with van der Waals surface area (Å²) in [7, 11) is 0. The lowest BCUT2D eigenvalue weighted by Crippen LogP contribution is -2.38. The topological polar surface area (TPSA) is 55.1 Å². The zero-order valence-corrected chi connectivity index (χ0v) is 11.0. The van der Waals surface area contributed by atoms with Gasteiger partial charge in [0.15, 0.2) is 0 Å². The summed E-state index contributed by atoms with van der Waals surface area (Å²) >= 11 is 0. The van der Waals surface area contributed by atoms with Crippen molar-refractivity contribution in [2.45, 2.75) is 45.1 Å². The molecule has 98 valence electrons. The van der Waals surface area contributed by atoms with Gasteiger partial charge in [-0.05, 0) is 36.5 Å². The van der Waals surface area contributed by atoms with Crippen molar-refractivity contribution in [1.82, 2.24) is 5.32 Å². The van der Waals surface area contributed by atoms with Crippen molar-refractivity contribution in [2.24, 2.45) is 5.92 Å². The molecule has 0 saturated heterocycles. The monoisotopic (exact) mass is 246 g/mol. The number of anilines is 1. The molecule has 0 radical (unpaired) electrons. The molecular weight excluding hydrogens is 224 g/mol. The summed E-state index contributed by atoms with van der Waals surface area (Å²) in [6, 6.07) is 7.88. The average molecular weight is 246 g/mol. The second-order valence-electron chi connectivity index (χ2n) is 5.45. The molecule has 1 aromatic rings. The van der Waals surface area contributed by atoms with Gasteiger partial charge < -0.3 is 11.1 Å². The first-order valence-corrected chi connectivity index (χ1v) is 6.77. The molecular formula is C15H22N2O. The minimum Gasteiger partial charge on any atom is -0.399 e. The first kappa shape index (κ1) is 12.9. The van der Waals surface area contributed by atoms with Crippen LogP contribution in [0.2, 0.25) is 0 Å². The van der Waals surface area contributed by atoms with E-state index in [1.807, 2.05) is 24.3 Å². The van der Waals surface area contributed by atoms with E-state index in [1.54, 1.807) is 0 Å². The number of benzene rings is 1. The lowest BCUT2D eigenvalue weighted by Gasteiger charge is -2.27. The van der Waals surface area contributed by atoms with Gasteiger partial charge in [0.2, 0.25) is 5.91 Å². The Bertz CT molecular complexity index is 399. The van der Waals surface area contributed by atoms with Crippen molar-refractivity contribution in [3.05, 3.63) is 29.8 Å². The number of amides is 1. The van der Waals surface area contributed by atoms with Crippen LogP contribution in [-0.4, -0.2) is 11.9 Å². The maximum Gasteiger partial charge on any atom is 0.224 e. The minimum atomic E-state index is 0.124. The van der Waals surface area contributed by atoms with Crippen LogP contribution in [0, 0.1) is 5.92 Å². The molecule has 0 aliphatic heterocycles. The first-order chi connectivity index (χ1) is 8.63. The lowest BCUT2D eigenvalue weighted by molar-refractivity contribution is -0.121. The largest absolute Gasteiger partial charge is 0.399 e. The molecule has 1 aliphatic rings. The molecule has 3 nitrogen and oxygen atoms in total. The average Bonchev–Trinajstić information content (AvgIpc) is 2.32. The Balaban J connectivity index is 1.83. The van der Waals surface area contributed by atoms with Crippen molar-refractivity contribution in [2.75, 3.05) is 5.73 Å². The summed E-state index contributed by atoms with van der Waals surface area (Å²) in [6.07, 6.45) is 5.22. The van der Waals surface area contributed by atoms with Crippen molar-refractivity contribution in [3.63, 3.8) is 0 Å². The highest BCUT2D eigenvalue weighted by atomic mass is 16.1. The molecule has 2 rings (SSSR count). The van der Waals surface area contributed by atoms with E-state index in [4.69, 9.17) is 5.73 Å². The second kappa shape index (κ2) is 5.89. The molecule has 3 N–H and O–H groups in total. The van der Waals surface area contributed by atoms with Crippen LogP contribution in [0.3, 0.4) is 0 Å². The zero-order chi connectivity index (χ0) is 13.0. The van der Waals surface area contributed by atoms with E-state index in [0.717, 1.165) is 30.0 Å². The highest BCUT2D eigenvalue weighted by Crippen LogP contribution is 2.23. The third kappa shape index (κ3) is 3.76. The fourth-order valence-corrected chi connectivity index (χ4v) is 2.66. The van der Waals surface area contributed by atoms with E-state index >= 15 is 0 Å². The molecule has 0 spiro atoms. The van der Waals surface area contributed by atoms with Crippen LogP contribution in [0.4, 0.5) is 5.69 Å². The Hall–Kier alpha value is -1.51. The van der Waals surface area contributed by atoms with Crippen LogP contribution in [-0.2, 0) is 11.2 Å². The minimum absolute atomic E-state index is 0.124. The van der Waals surface area contributed by atoms with E-state index in [1.165, 1.54) is 12.8 Å². The number of carbonyl (C=O) groups is 1. The number of hydrogen-bond acceptors (Lipinski definition) is 2. The van der Waals surface area contributed by atoms with Crippen LogP contribution in [0.25, 0.3) is 0 Å². The quantitative estimate of drug-likeness (QED) is 0.805. The van der Waals surface area contributed by atoms with E-state index in [-0.39, 0.29) is 5.91 Å². The van der Waals surface area contributed by atoms with Gasteiger partial charge in [-0.1, -0.05) is 31.9 Å². The summed E-state index contributed by atoms with van der Waals surface area (Å²) in [4.78, 5) is 11.9. The Morgan fingerprint density at radius 1 is 1.33 bits per heavy atom.